The molecule has 1 fully saturated rings. The molecule has 0 aliphatic heterocycles. The predicted molar refractivity (Wildman–Crippen MR) is 84.4 cm³/mol. The fourth-order valence-corrected chi connectivity index (χ4v) is 3.21. The first-order valence-corrected chi connectivity index (χ1v) is 7.97. The lowest BCUT2D eigenvalue weighted by Crippen LogP contribution is -2.40. The van der Waals surface area contributed by atoms with E-state index < -0.39 is 0 Å². The molecule has 1 aliphatic carbocycles. The lowest BCUT2D eigenvalue weighted by Gasteiger charge is -2.29. The molecule has 0 saturated heterocycles. The largest absolute Gasteiger partial charge is 0.293 e. The summed E-state index contributed by atoms with van der Waals surface area (Å²) in [6.45, 7) is 5.94. The normalized spacial score (nSPS) is 16.2. The molecule has 0 heterocycles. The van der Waals surface area contributed by atoms with Gasteiger partial charge in [-0.25, -0.2) is 0 Å². The quantitative estimate of drug-likeness (QED) is 0.724. The van der Waals surface area contributed by atoms with Crippen LogP contribution in [-0.4, -0.2) is 29.8 Å². The van der Waals surface area contributed by atoms with E-state index in [1.165, 1.54) is 25.7 Å². The molecule has 0 atom stereocenters. The molecule has 1 aliphatic rings. The Morgan fingerprint density at radius 1 is 1.35 bits per heavy atom. The Hall–Kier alpha value is -0.860. The smallest absolute Gasteiger partial charge is 0.176 e. The molecule has 0 spiro atoms. The summed E-state index contributed by atoms with van der Waals surface area (Å²) < 4.78 is 0. The van der Waals surface area contributed by atoms with Crippen molar-refractivity contribution in [3.8, 4) is 0 Å². The number of halogens is 1. The molecule has 0 amide bonds. The molecule has 2 rings (SSSR count). The van der Waals surface area contributed by atoms with E-state index >= 15 is 0 Å². The van der Waals surface area contributed by atoms with Gasteiger partial charge in [0.25, 0.3) is 0 Å². The lowest BCUT2D eigenvalue weighted by molar-refractivity contribution is 0.0876. The van der Waals surface area contributed by atoms with E-state index in [-0.39, 0.29) is 5.78 Å². The van der Waals surface area contributed by atoms with Crippen LogP contribution in [0.5, 0.6) is 0 Å². The average molecular weight is 294 g/mol. The number of hydrogen-bond donors (Lipinski definition) is 0. The fraction of sp³-hybridized carbons (Fsp3) is 0.588. The van der Waals surface area contributed by atoms with E-state index in [4.69, 9.17) is 11.6 Å². The summed E-state index contributed by atoms with van der Waals surface area (Å²) in [6, 6.07) is 7.86. The molecule has 1 aromatic rings. The number of carbonyl (C=O) groups excluding carboxylic acids is 1. The predicted octanol–water partition coefficient (Wildman–Crippen LogP) is 4.42. The zero-order valence-electron chi connectivity index (χ0n) is 12.4. The zero-order valence-corrected chi connectivity index (χ0v) is 13.2. The second-order valence-corrected chi connectivity index (χ2v) is 6.63. The summed E-state index contributed by atoms with van der Waals surface area (Å²) >= 11 is 5.97. The Balaban J connectivity index is 2.04. The summed E-state index contributed by atoms with van der Waals surface area (Å²) in [5.41, 5.74) is 0.726. The van der Waals surface area contributed by atoms with Crippen LogP contribution in [0, 0.1) is 5.92 Å². The molecular formula is C17H24ClNO. The third-order valence-corrected chi connectivity index (χ3v) is 4.17. The molecule has 0 bridgehead atoms. The molecule has 0 aromatic heterocycles. The van der Waals surface area contributed by atoms with Gasteiger partial charge in [0, 0.05) is 23.2 Å². The van der Waals surface area contributed by atoms with Crippen LogP contribution in [0.25, 0.3) is 0 Å². The summed E-state index contributed by atoms with van der Waals surface area (Å²) in [7, 11) is 0. The van der Waals surface area contributed by atoms with Crippen molar-refractivity contribution in [1.82, 2.24) is 4.90 Å². The van der Waals surface area contributed by atoms with Gasteiger partial charge in [-0.3, -0.25) is 9.69 Å². The maximum atomic E-state index is 12.4. The third kappa shape index (κ3) is 4.32. The van der Waals surface area contributed by atoms with Crippen LogP contribution in [-0.2, 0) is 0 Å². The Labute approximate surface area is 127 Å². The second kappa shape index (κ2) is 7.24. The van der Waals surface area contributed by atoms with Gasteiger partial charge in [0.15, 0.2) is 5.78 Å². The van der Waals surface area contributed by atoms with Crippen LogP contribution in [0.3, 0.4) is 0 Å². The lowest BCUT2D eigenvalue weighted by atomic mass is 10.1. The zero-order chi connectivity index (χ0) is 14.5. The van der Waals surface area contributed by atoms with Crippen LogP contribution in [0.2, 0.25) is 5.02 Å². The van der Waals surface area contributed by atoms with Gasteiger partial charge in [-0.15, -0.1) is 0 Å². The fourth-order valence-electron chi connectivity index (χ4n) is 3.02. The third-order valence-electron chi connectivity index (χ3n) is 3.93. The number of benzene rings is 1. The molecule has 0 N–H and O–H groups in total. The topological polar surface area (TPSA) is 20.3 Å². The van der Waals surface area contributed by atoms with Gasteiger partial charge >= 0.3 is 0 Å². The van der Waals surface area contributed by atoms with E-state index in [1.807, 2.05) is 12.1 Å². The summed E-state index contributed by atoms with van der Waals surface area (Å²) in [5, 5.41) is 0.632. The number of hydrogen-bond acceptors (Lipinski definition) is 2. The number of rotatable bonds is 6. The van der Waals surface area contributed by atoms with Crippen molar-refractivity contribution < 1.29 is 4.79 Å². The highest BCUT2D eigenvalue weighted by atomic mass is 35.5. The van der Waals surface area contributed by atoms with Gasteiger partial charge in [-0.1, -0.05) is 50.4 Å². The standard InChI is InChI=1S/C17H24ClNO/c1-13(2)11-19(16-8-3-4-9-16)12-17(20)14-6-5-7-15(18)10-14/h5-7,10,13,16H,3-4,8-9,11-12H2,1-2H3. The van der Waals surface area contributed by atoms with Crippen LogP contribution in [0.4, 0.5) is 0 Å². The van der Waals surface area contributed by atoms with E-state index in [2.05, 4.69) is 18.7 Å². The molecule has 2 nitrogen and oxygen atoms in total. The minimum absolute atomic E-state index is 0.181. The minimum Gasteiger partial charge on any atom is -0.293 e. The van der Waals surface area contributed by atoms with Crippen LogP contribution < -0.4 is 0 Å². The van der Waals surface area contributed by atoms with Crippen LogP contribution in [0.15, 0.2) is 24.3 Å². The number of carbonyl (C=O) groups is 1. The first kappa shape index (κ1) is 15.5. The number of nitrogens with zero attached hydrogens (tertiary/aromatic N) is 1. The number of Topliss-reactive ketones (excluding diaryl/α,β-unsaturated/α-hetero) is 1. The highest BCUT2D eigenvalue weighted by Gasteiger charge is 2.25. The van der Waals surface area contributed by atoms with Crippen molar-refractivity contribution in [1.29, 1.82) is 0 Å². The molecule has 20 heavy (non-hydrogen) atoms. The van der Waals surface area contributed by atoms with Gasteiger partial charge < -0.3 is 0 Å². The van der Waals surface area contributed by atoms with Crippen LogP contribution in [0.1, 0.15) is 49.9 Å². The molecule has 1 saturated carbocycles. The van der Waals surface area contributed by atoms with E-state index in [1.54, 1.807) is 12.1 Å². The molecule has 110 valence electrons. The van der Waals surface area contributed by atoms with Gasteiger partial charge in [-0.05, 0) is 30.9 Å². The van der Waals surface area contributed by atoms with Crippen molar-refractivity contribution in [2.75, 3.05) is 13.1 Å². The van der Waals surface area contributed by atoms with Gasteiger partial charge in [0.05, 0.1) is 6.54 Å². The highest BCUT2D eigenvalue weighted by Crippen LogP contribution is 2.24. The van der Waals surface area contributed by atoms with E-state index in [0.29, 0.717) is 23.5 Å². The van der Waals surface area contributed by atoms with Crippen LogP contribution >= 0.6 is 11.6 Å². The Morgan fingerprint density at radius 3 is 2.65 bits per heavy atom. The molecule has 3 heteroatoms. The summed E-state index contributed by atoms with van der Waals surface area (Å²) in [5.74, 6) is 0.766. The Kier molecular flexibility index (Phi) is 5.62. The van der Waals surface area contributed by atoms with Crippen molar-refractivity contribution >= 4 is 17.4 Å². The van der Waals surface area contributed by atoms with Gasteiger partial charge in [-0.2, -0.15) is 0 Å². The first-order valence-electron chi connectivity index (χ1n) is 7.59. The van der Waals surface area contributed by atoms with Crippen molar-refractivity contribution in [3.63, 3.8) is 0 Å². The Morgan fingerprint density at radius 2 is 2.05 bits per heavy atom. The molecule has 0 radical (unpaired) electrons. The van der Waals surface area contributed by atoms with Gasteiger partial charge in [0.2, 0.25) is 0 Å². The van der Waals surface area contributed by atoms with E-state index in [0.717, 1.165) is 12.1 Å². The average Bonchev–Trinajstić information content (AvgIpc) is 2.91. The Bertz CT molecular complexity index is 452. The summed E-state index contributed by atoms with van der Waals surface area (Å²) in [4.78, 5) is 14.8. The number of ketones is 1. The summed E-state index contributed by atoms with van der Waals surface area (Å²) in [6.07, 6.45) is 5.06. The monoisotopic (exact) mass is 293 g/mol. The molecule has 0 unspecified atom stereocenters. The maximum absolute atomic E-state index is 12.4. The van der Waals surface area contributed by atoms with Crippen molar-refractivity contribution in [2.24, 2.45) is 5.92 Å². The second-order valence-electron chi connectivity index (χ2n) is 6.20. The van der Waals surface area contributed by atoms with Gasteiger partial charge in [0.1, 0.15) is 0 Å². The van der Waals surface area contributed by atoms with E-state index in [9.17, 15) is 4.79 Å². The van der Waals surface area contributed by atoms with Crippen molar-refractivity contribution in [3.05, 3.63) is 34.9 Å². The molecule has 1 aromatic carbocycles. The maximum Gasteiger partial charge on any atom is 0.176 e. The SMILES string of the molecule is CC(C)CN(CC(=O)c1cccc(Cl)c1)C1CCCC1. The molecular weight excluding hydrogens is 270 g/mol. The highest BCUT2D eigenvalue weighted by molar-refractivity contribution is 6.31. The minimum atomic E-state index is 0.181. The van der Waals surface area contributed by atoms with Crippen molar-refractivity contribution in [2.45, 2.75) is 45.6 Å². The first-order chi connectivity index (χ1) is 9.56.